The minimum absolute atomic E-state index is 0.0404. The first-order valence-corrected chi connectivity index (χ1v) is 16.0. The third kappa shape index (κ3) is 9.88. The minimum atomic E-state index is -3.94. The molecule has 4 aromatic carbocycles. The van der Waals surface area contributed by atoms with Crippen molar-refractivity contribution in [2.24, 2.45) is 0 Å². The van der Waals surface area contributed by atoms with Gasteiger partial charge in [-0.25, -0.2) is 12.8 Å². The quantitative estimate of drug-likeness (QED) is 0.162. The molecule has 0 radical (unpaired) electrons. The second kappa shape index (κ2) is 16.4. The zero-order valence-corrected chi connectivity index (χ0v) is 25.7. The van der Waals surface area contributed by atoms with Crippen molar-refractivity contribution in [3.8, 4) is 5.75 Å². The van der Waals surface area contributed by atoms with E-state index < -0.39 is 34.4 Å². The van der Waals surface area contributed by atoms with Crippen molar-refractivity contribution in [3.05, 3.63) is 126 Å². The molecule has 11 heteroatoms. The maximum atomic E-state index is 13.8. The average molecular weight is 634 g/mol. The molecule has 0 unspecified atom stereocenters. The summed E-state index contributed by atoms with van der Waals surface area (Å²) < 4.78 is 52.3. The topological polar surface area (TPSA) is 114 Å². The SMILES string of the molecule is CCOCCCNC(=O)[C@H](c1ccccc1)N(Cc1ccccc1)C(=O)COc1ccc(S(=O)(=O)Nc2ccc(F)cc2)cc1. The van der Waals surface area contributed by atoms with Gasteiger partial charge in [0.1, 0.15) is 17.6 Å². The van der Waals surface area contributed by atoms with Crippen molar-refractivity contribution < 1.29 is 31.9 Å². The molecule has 2 N–H and O–H groups in total. The van der Waals surface area contributed by atoms with E-state index in [4.69, 9.17) is 9.47 Å². The molecular weight excluding hydrogens is 597 g/mol. The number of hydrogen-bond donors (Lipinski definition) is 2. The molecule has 236 valence electrons. The molecule has 4 aromatic rings. The van der Waals surface area contributed by atoms with E-state index in [-0.39, 0.29) is 28.8 Å². The second-order valence-electron chi connectivity index (χ2n) is 10.0. The first-order chi connectivity index (χ1) is 21.8. The number of carbonyl (C=O) groups excluding carboxylic acids is 2. The highest BCUT2D eigenvalue weighted by atomic mass is 32.2. The summed E-state index contributed by atoms with van der Waals surface area (Å²) in [5, 5.41) is 2.94. The molecule has 0 fully saturated rings. The van der Waals surface area contributed by atoms with Gasteiger partial charge in [-0.1, -0.05) is 60.7 Å². The molecule has 0 aliphatic heterocycles. The van der Waals surface area contributed by atoms with Crippen LogP contribution in [-0.2, 0) is 30.9 Å². The Bertz CT molecular complexity index is 1620. The predicted octanol–water partition coefficient (Wildman–Crippen LogP) is 5.32. The van der Waals surface area contributed by atoms with E-state index in [1.807, 2.05) is 55.5 Å². The number of anilines is 1. The molecule has 0 saturated heterocycles. The first-order valence-electron chi connectivity index (χ1n) is 14.5. The zero-order valence-electron chi connectivity index (χ0n) is 24.9. The second-order valence-corrected chi connectivity index (χ2v) is 11.7. The number of rotatable bonds is 16. The normalized spacial score (nSPS) is 11.8. The van der Waals surface area contributed by atoms with Gasteiger partial charge in [0.05, 0.1) is 4.90 Å². The van der Waals surface area contributed by atoms with Crippen molar-refractivity contribution in [2.45, 2.75) is 30.8 Å². The van der Waals surface area contributed by atoms with Crippen LogP contribution in [0.4, 0.5) is 10.1 Å². The Morgan fingerprint density at radius 2 is 1.51 bits per heavy atom. The van der Waals surface area contributed by atoms with Gasteiger partial charge in [-0.2, -0.15) is 0 Å². The molecule has 0 aromatic heterocycles. The van der Waals surface area contributed by atoms with Crippen LogP contribution in [0.15, 0.2) is 114 Å². The molecule has 0 aliphatic rings. The molecule has 0 heterocycles. The van der Waals surface area contributed by atoms with Crippen molar-refractivity contribution in [3.63, 3.8) is 0 Å². The number of carbonyl (C=O) groups is 2. The third-order valence-electron chi connectivity index (χ3n) is 6.75. The van der Waals surface area contributed by atoms with E-state index in [1.54, 1.807) is 12.1 Å². The third-order valence-corrected chi connectivity index (χ3v) is 8.15. The number of nitrogens with one attached hydrogen (secondary N) is 2. The predicted molar refractivity (Wildman–Crippen MR) is 169 cm³/mol. The fraction of sp³-hybridized carbons (Fsp3) is 0.235. The van der Waals surface area contributed by atoms with Crippen LogP contribution in [0.2, 0.25) is 0 Å². The van der Waals surface area contributed by atoms with Crippen LogP contribution < -0.4 is 14.8 Å². The Hall–Kier alpha value is -4.74. The smallest absolute Gasteiger partial charge is 0.261 e. The van der Waals surface area contributed by atoms with Gasteiger partial charge in [0.25, 0.3) is 15.9 Å². The lowest BCUT2D eigenvalue weighted by atomic mass is 10.0. The highest BCUT2D eigenvalue weighted by Crippen LogP contribution is 2.25. The highest BCUT2D eigenvalue weighted by molar-refractivity contribution is 7.92. The number of sulfonamides is 1. The number of halogens is 1. The summed E-state index contributed by atoms with van der Waals surface area (Å²) in [6, 6.07) is 28.0. The molecule has 4 rings (SSSR count). The number of benzene rings is 4. The summed E-state index contributed by atoms with van der Waals surface area (Å²) >= 11 is 0. The summed E-state index contributed by atoms with van der Waals surface area (Å²) in [5.41, 5.74) is 1.69. The van der Waals surface area contributed by atoms with Gasteiger partial charge in [-0.15, -0.1) is 0 Å². The molecule has 9 nitrogen and oxygen atoms in total. The van der Waals surface area contributed by atoms with E-state index in [0.29, 0.717) is 31.7 Å². The first kappa shape index (κ1) is 33.2. The zero-order chi connectivity index (χ0) is 32.1. The molecule has 0 spiro atoms. The van der Waals surface area contributed by atoms with Crippen molar-refractivity contribution in [1.82, 2.24) is 10.2 Å². The van der Waals surface area contributed by atoms with Crippen LogP contribution in [0.3, 0.4) is 0 Å². The highest BCUT2D eigenvalue weighted by Gasteiger charge is 2.31. The van der Waals surface area contributed by atoms with Crippen LogP contribution in [0.1, 0.15) is 30.5 Å². The lowest BCUT2D eigenvalue weighted by Crippen LogP contribution is -2.45. The molecule has 0 bridgehead atoms. The maximum absolute atomic E-state index is 13.8. The van der Waals surface area contributed by atoms with Crippen molar-refractivity contribution in [2.75, 3.05) is 31.1 Å². The van der Waals surface area contributed by atoms with Gasteiger partial charge < -0.3 is 19.7 Å². The largest absolute Gasteiger partial charge is 0.484 e. The summed E-state index contributed by atoms with van der Waals surface area (Å²) in [4.78, 5) is 28.8. The Morgan fingerprint density at radius 3 is 2.16 bits per heavy atom. The summed E-state index contributed by atoms with van der Waals surface area (Å²) in [6.45, 7) is 3.15. The maximum Gasteiger partial charge on any atom is 0.261 e. The van der Waals surface area contributed by atoms with Gasteiger partial charge in [0, 0.05) is 32.0 Å². The van der Waals surface area contributed by atoms with Crippen LogP contribution in [0, 0.1) is 5.82 Å². The van der Waals surface area contributed by atoms with Gasteiger partial charge in [0.15, 0.2) is 6.61 Å². The summed E-state index contributed by atoms with van der Waals surface area (Å²) in [6.07, 6.45) is 0.627. The van der Waals surface area contributed by atoms with Gasteiger partial charge in [-0.3, -0.25) is 14.3 Å². The van der Waals surface area contributed by atoms with Gasteiger partial charge in [-0.05, 0) is 73.0 Å². The van der Waals surface area contributed by atoms with E-state index in [2.05, 4.69) is 10.0 Å². The number of amides is 2. The fourth-order valence-corrected chi connectivity index (χ4v) is 5.57. The van der Waals surface area contributed by atoms with Gasteiger partial charge in [0.2, 0.25) is 5.91 Å². The van der Waals surface area contributed by atoms with Crippen LogP contribution in [0.5, 0.6) is 5.75 Å². The lowest BCUT2D eigenvalue weighted by molar-refractivity contribution is -0.143. The van der Waals surface area contributed by atoms with E-state index in [1.165, 1.54) is 41.3 Å². The van der Waals surface area contributed by atoms with Crippen molar-refractivity contribution in [1.29, 1.82) is 0 Å². The van der Waals surface area contributed by atoms with Crippen molar-refractivity contribution >= 4 is 27.5 Å². The number of ether oxygens (including phenoxy) is 2. The average Bonchev–Trinajstić information content (AvgIpc) is 3.05. The Kier molecular flexibility index (Phi) is 12.1. The molecule has 2 amide bonds. The van der Waals surface area contributed by atoms with E-state index >= 15 is 0 Å². The van der Waals surface area contributed by atoms with Crippen LogP contribution in [0.25, 0.3) is 0 Å². The molecular formula is C34H36FN3O6S. The van der Waals surface area contributed by atoms with Gasteiger partial charge >= 0.3 is 0 Å². The summed E-state index contributed by atoms with van der Waals surface area (Å²) in [7, 11) is -3.94. The minimum Gasteiger partial charge on any atom is -0.484 e. The monoisotopic (exact) mass is 633 g/mol. The molecule has 0 aliphatic carbocycles. The molecule has 1 atom stereocenters. The molecule has 45 heavy (non-hydrogen) atoms. The molecule has 0 saturated carbocycles. The van der Waals surface area contributed by atoms with Crippen LogP contribution in [-0.4, -0.2) is 51.5 Å². The standard InChI is InChI=1S/C34H36FN3O6S/c1-2-43-23-9-22-36-34(40)33(27-12-7-4-8-13-27)38(24-26-10-5-3-6-11-26)32(39)25-44-30-18-20-31(21-19-30)45(41,42)37-29-16-14-28(35)15-17-29/h3-8,10-21,33,37H,2,9,22-25H2,1H3,(H,36,40)/t33-/m0/s1. The van der Waals surface area contributed by atoms with E-state index in [9.17, 15) is 22.4 Å². The Morgan fingerprint density at radius 1 is 0.867 bits per heavy atom. The Balaban J connectivity index is 1.50. The lowest BCUT2D eigenvalue weighted by Gasteiger charge is -2.31. The fourth-order valence-electron chi connectivity index (χ4n) is 4.51. The summed E-state index contributed by atoms with van der Waals surface area (Å²) in [5.74, 6) is -0.984. The Labute approximate surface area is 263 Å². The number of hydrogen-bond acceptors (Lipinski definition) is 6. The number of nitrogens with zero attached hydrogens (tertiary/aromatic N) is 1. The van der Waals surface area contributed by atoms with Crippen LogP contribution >= 0.6 is 0 Å². The van der Waals surface area contributed by atoms with E-state index in [0.717, 1.165) is 17.7 Å².